The van der Waals surface area contributed by atoms with E-state index < -0.39 is 6.04 Å². The van der Waals surface area contributed by atoms with Crippen LogP contribution in [0.15, 0.2) is 18.2 Å². The quantitative estimate of drug-likeness (QED) is 0.684. The highest BCUT2D eigenvalue weighted by molar-refractivity contribution is 5.96. The van der Waals surface area contributed by atoms with Gasteiger partial charge in [0, 0.05) is 12.8 Å². The predicted molar refractivity (Wildman–Crippen MR) is 62.4 cm³/mol. The number of aromatic nitrogens is 3. The van der Waals surface area contributed by atoms with Crippen molar-refractivity contribution in [2.24, 2.45) is 5.73 Å². The molecule has 0 fully saturated rings. The Hall–Kier alpha value is -1.99. The molecule has 0 saturated carbocycles. The summed E-state index contributed by atoms with van der Waals surface area (Å²) in [6.45, 7) is 0.179. The molecule has 1 atom stereocenters. The van der Waals surface area contributed by atoms with Gasteiger partial charge in [0.15, 0.2) is 0 Å². The predicted octanol–water partition coefficient (Wildman–Crippen LogP) is -0.130. The van der Waals surface area contributed by atoms with Crippen LogP contribution in [0.3, 0.4) is 0 Å². The molecule has 0 bridgehead atoms. The van der Waals surface area contributed by atoms with Crippen molar-refractivity contribution in [1.29, 1.82) is 0 Å². The largest absolute Gasteiger partial charge is 0.383 e. The first kappa shape index (κ1) is 11.5. The summed E-state index contributed by atoms with van der Waals surface area (Å²) in [6, 6.07) is 4.53. The van der Waals surface area contributed by atoms with Crippen LogP contribution in [0.5, 0.6) is 0 Å². The number of carbonyl (C=O) groups excluding carboxylic acids is 1. The van der Waals surface area contributed by atoms with Crippen LogP contribution in [-0.4, -0.2) is 41.1 Å². The Kier molecular flexibility index (Phi) is 3.31. The van der Waals surface area contributed by atoms with Crippen LogP contribution in [0.25, 0.3) is 11.0 Å². The highest BCUT2D eigenvalue weighted by Crippen LogP contribution is 2.14. The molecule has 0 radical (unpaired) electrons. The Morgan fingerprint density at radius 1 is 1.53 bits per heavy atom. The number of methoxy groups -OCH3 is 1. The first-order valence-electron chi connectivity index (χ1n) is 5.06. The Morgan fingerprint density at radius 3 is 3.06 bits per heavy atom. The van der Waals surface area contributed by atoms with Gasteiger partial charge < -0.3 is 15.8 Å². The van der Waals surface area contributed by atoms with E-state index in [-0.39, 0.29) is 12.5 Å². The molecule has 1 amide bonds. The van der Waals surface area contributed by atoms with Gasteiger partial charge in [-0.2, -0.15) is 15.4 Å². The maximum atomic E-state index is 11.6. The third-order valence-electron chi connectivity index (χ3n) is 2.27. The molecule has 0 aliphatic heterocycles. The van der Waals surface area contributed by atoms with Crippen LogP contribution in [-0.2, 0) is 9.53 Å². The van der Waals surface area contributed by atoms with Crippen molar-refractivity contribution in [1.82, 2.24) is 15.4 Å². The van der Waals surface area contributed by atoms with E-state index in [1.54, 1.807) is 18.2 Å². The van der Waals surface area contributed by atoms with E-state index >= 15 is 0 Å². The van der Waals surface area contributed by atoms with Crippen LogP contribution >= 0.6 is 0 Å². The molecule has 2 rings (SSSR count). The molecule has 2 aromatic rings. The number of ether oxygens (including phenoxy) is 1. The van der Waals surface area contributed by atoms with E-state index in [2.05, 4.69) is 20.7 Å². The normalized spacial score (nSPS) is 12.6. The summed E-state index contributed by atoms with van der Waals surface area (Å²) < 4.78 is 4.81. The van der Waals surface area contributed by atoms with E-state index in [4.69, 9.17) is 10.5 Å². The Balaban J connectivity index is 2.09. The summed E-state index contributed by atoms with van der Waals surface area (Å²) in [5.74, 6) is -0.297. The second-order valence-corrected chi connectivity index (χ2v) is 3.58. The van der Waals surface area contributed by atoms with E-state index in [0.29, 0.717) is 11.2 Å². The van der Waals surface area contributed by atoms with Crippen molar-refractivity contribution in [3.8, 4) is 0 Å². The smallest absolute Gasteiger partial charge is 0.243 e. The summed E-state index contributed by atoms with van der Waals surface area (Å²) in [5.41, 5.74) is 7.65. The van der Waals surface area contributed by atoms with Gasteiger partial charge in [-0.05, 0) is 18.2 Å². The van der Waals surface area contributed by atoms with Crippen LogP contribution < -0.4 is 11.1 Å². The van der Waals surface area contributed by atoms with Crippen molar-refractivity contribution >= 4 is 22.6 Å². The lowest BCUT2D eigenvalue weighted by Crippen LogP contribution is -2.39. The minimum absolute atomic E-state index is 0.179. The van der Waals surface area contributed by atoms with Crippen LogP contribution in [0.1, 0.15) is 0 Å². The zero-order valence-corrected chi connectivity index (χ0v) is 9.30. The fraction of sp³-hybridized carbons (Fsp3) is 0.300. The maximum Gasteiger partial charge on any atom is 0.243 e. The fourth-order valence-corrected chi connectivity index (χ4v) is 1.41. The number of hydrogen-bond donors (Lipinski definition) is 3. The molecule has 0 saturated heterocycles. The number of fused-ring (bicyclic) bond motifs is 1. The number of nitrogens with two attached hydrogens (primary N) is 1. The number of amides is 1. The molecule has 1 aromatic heterocycles. The molecule has 7 nitrogen and oxygen atoms in total. The van der Waals surface area contributed by atoms with Crippen molar-refractivity contribution < 1.29 is 9.53 Å². The number of H-pyrrole nitrogens is 1. The first-order valence-corrected chi connectivity index (χ1v) is 5.06. The zero-order chi connectivity index (χ0) is 12.3. The standard InChI is InChI=1S/C10H13N5O2/c1-17-5-7(11)10(16)12-6-2-3-8-9(4-6)14-15-13-8/h2-4,7H,5,11H2,1H3,(H,12,16)(H,13,14,15). The highest BCUT2D eigenvalue weighted by atomic mass is 16.5. The number of nitrogens with one attached hydrogen (secondary N) is 2. The number of nitrogens with zero attached hydrogens (tertiary/aromatic N) is 2. The first-order chi connectivity index (χ1) is 8.20. The van der Waals surface area contributed by atoms with Crippen molar-refractivity contribution in [2.45, 2.75) is 6.04 Å². The molecule has 0 aliphatic carbocycles. The molecule has 0 spiro atoms. The Morgan fingerprint density at radius 2 is 2.29 bits per heavy atom. The van der Waals surface area contributed by atoms with Crippen LogP contribution in [0, 0.1) is 0 Å². The topological polar surface area (TPSA) is 106 Å². The van der Waals surface area contributed by atoms with Crippen LogP contribution in [0.2, 0.25) is 0 Å². The number of aromatic amines is 1. The van der Waals surface area contributed by atoms with Gasteiger partial charge in [-0.15, -0.1) is 0 Å². The lowest BCUT2D eigenvalue weighted by Gasteiger charge is -2.10. The van der Waals surface area contributed by atoms with Gasteiger partial charge in [0.2, 0.25) is 5.91 Å². The summed E-state index contributed by atoms with van der Waals surface area (Å²) in [6.07, 6.45) is 0. The van der Waals surface area contributed by atoms with Gasteiger partial charge in [-0.3, -0.25) is 4.79 Å². The van der Waals surface area contributed by atoms with Crippen molar-refractivity contribution in [3.05, 3.63) is 18.2 Å². The number of benzene rings is 1. The van der Waals surface area contributed by atoms with Crippen molar-refractivity contribution in [3.63, 3.8) is 0 Å². The van der Waals surface area contributed by atoms with Gasteiger partial charge in [-0.1, -0.05) is 0 Å². The maximum absolute atomic E-state index is 11.6. The van der Waals surface area contributed by atoms with Gasteiger partial charge in [0.05, 0.1) is 6.61 Å². The summed E-state index contributed by atoms with van der Waals surface area (Å²) in [5, 5.41) is 13.0. The number of anilines is 1. The van der Waals surface area contributed by atoms with E-state index in [0.717, 1.165) is 5.52 Å². The van der Waals surface area contributed by atoms with E-state index in [1.807, 2.05) is 0 Å². The Bertz CT molecular complexity index is 524. The monoisotopic (exact) mass is 235 g/mol. The molecule has 1 heterocycles. The minimum Gasteiger partial charge on any atom is -0.383 e. The number of hydrogen-bond acceptors (Lipinski definition) is 5. The van der Waals surface area contributed by atoms with Crippen LogP contribution in [0.4, 0.5) is 5.69 Å². The van der Waals surface area contributed by atoms with E-state index in [1.165, 1.54) is 7.11 Å². The third kappa shape index (κ3) is 2.58. The lowest BCUT2D eigenvalue weighted by molar-refractivity contribution is -0.118. The second-order valence-electron chi connectivity index (χ2n) is 3.58. The number of rotatable bonds is 4. The molecule has 1 unspecified atom stereocenters. The third-order valence-corrected chi connectivity index (χ3v) is 2.27. The average Bonchev–Trinajstić information content (AvgIpc) is 2.76. The van der Waals surface area contributed by atoms with Gasteiger partial charge in [-0.25, -0.2) is 0 Å². The molecule has 90 valence electrons. The highest BCUT2D eigenvalue weighted by Gasteiger charge is 2.13. The second kappa shape index (κ2) is 4.89. The van der Waals surface area contributed by atoms with Gasteiger partial charge in [0.25, 0.3) is 0 Å². The number of carbonyl (C=O) groups is 1. The molecule has 17 heavy (non-hydrogen) atoms. The summed E-state index contributed by atoms with van der Waals surface area (Å²) >= 11 is 0. The fourth-order valence-electron chi connectivity index (χ4n) is 1.41. The average molecular weight is 235 g/mol. The Labute approximate surface area is 97.3 Å². The molecule has 7 heteroatoms. The molecular formula is C10H13N5O2. The zero-order valence-electron chi connectivity index (χ0n) is 9.30. The summed E-state index contributed by atoms with van der Waals surface area (Å²) in [4.78, 5) is 11.6. The lowest BCUT2D eigenvalue weighted by atomic mass is 10.2. The SMILES string of the molecule is COCC(N)C(=O)Nc1ccc2n[nH]nc2c1. The van der Waals surface area contributed by atoms with Gasteiger partial charge >= 0.3 is 0 Å². The molecule has 1 aromatic carbocycles. The minimum atomic E-state index is -0.687. The van der Waals surface area contributed by atoms with Gasteiger partial charge in [0.1, 0.15) is 17.1 Å². The summed E-state index contributed by atoms with van der Waals surface area (Å²) in [7, 11) is 1.49. The molecule has 0 aliphatic rings. The van der Waals surface area contributed by atoms with E-state index in [9.17, 15) is 4.79 Å². The van der Waals surface area contributed by atoms with Crippen molar-refractivity contribution in [2.75, 3.05) is 19.0 Å². The molecular weight excluding hydrogens is 222 g/mol. The molecule has 4 N–H and O–H groups in total.